The van der Waals surface area contributed by atoms with Crippen LogP contribution in [0.4, 0.5) is 0 Å². The highest BCUT2D eigenvalue weighted by atomic mass is 35.5. The third-order valence-electron chi connectivity index (χ3n) is 3.72. The number of hydrogen-bond donors (Lipinski definition) is 0. The average Bonchev–Trinajstić information content (AvgIpc) is 2.51. The van der Waals surface area contributed by atoms with Gasteiger partial charge in [-0.3, -0.25) is 0 Å². The van der Waals surface area contributed by atoms with Gasteiger partial charge in [-0.25, -0.2) is 0 Å². The van der Waals surface area contributed by atoms with Crippen LogP contribution in [0, 0.1) is 6.92 Å². The summed E-state index contributed by atoms with van der Waals surface area (Å²) in [5, 5.41) is 0. The molecule has 0 aliphatic rings. The average molecular weight is 296 g/mol. The van der Waals surface area contributed by atoms with Gasteiger partial charge in [0.1, 0.15) is 7.05 Å². The molecule has 0 fully saturated rings. The minimum atomic E-state index is 0. The maximum atomic E-state index is 2.26. The second-order valence-electron chi connectivity index (χ2n) is 5.06. The lowest BCUT2D eigenvalue weighted by Gasteiger charge is -2.07. The molecule has 0 spiro atoms. The van der Waals surface area contributed by atoms with E-state index in [2.05, 4.69) is 91.3 Å². The summed E-state index contributed by atoms with van der Waals surface area (Å²) in [5.41, 5.74) is 6.26. The van der Waals surface area contributed by atoms with Gasteiger partial charge in [0.05, 0.1) is 0 Å². The molecule has 0 unspecified atom stereocenters. The molecule has 2 aromatic carbocycles. The van der Waals surface area contributed by atoms with Crippen molar-refractivity contribution in [2.75, 3.05) is 0 Å². The van der Waals surface area contributed by atoms with E-state index < -0.39 is 0 Å². The molecule has 0 N–H and O–H groups in total. The molecule has 1 nitrogen and oxygen atoms in total. The summed E-state index contributed by atoms with van der Waals surface area (Å²) < 4.78 is 2.24. The van der Waals surface area contributed by atoms with Crippen LogP contribution < -0.4 is 17.0 Å². The SMILES string of the molecule is Cc1cc(-c2ccccc2)cc(-c2ccccc2)[n+]1C.[Cl-]. The van der Waals surface area contributed by atoms with Crippen LogP contribution >= 0.6 is 0 Å². The molecule has 1 heterocycles. The molecular formula is C19H18ClN. The fourth-order valence-corrected chi connectivity index (χ4v) is 2.48. The first-order chi connectivity index (χ1) is 9.75. The third kappa shape index (κ3) is 3.14. The van der Waals surface area contributed by atoms with Crippen LogP contribution in [-0.4, -0.2) is 0 Å². The molecule has 0 saturated carbocycles. The molecule has 0 aliphatic heterocycles. The Bertz CT molecular complexity index is 721. The van der Waals surface area contributed by atoms with Crippen molar-refractivity contribution in [3.8, 4) is 22.4 Å². The molecule has 0 aliphatic carbocycles. The molecule has 0 saturated heterocycles. The van der Waals surface area contributed by atoms with Gasteiger partial charge in [0, 0.05) is 24.6 Å². The van der Waals surface area contributed by atoms with E-state index in [1.54, 1.807) is 0 Å². The fraction of sp³-hybridized carbons (Fsp3) is 0.105. The van der Waals surface area contributed by atoms with Crippen molar-refractivity contribution in [1.29, 1.82) is 0 Å². The second kappa shape index (κ2) is 6.55. The topological polar surface area (TPSA) is 3.88 Å². The predicted molar refractivity (Wildman–Crippen MR) is 83.2 cm³/mol. The zero-order chi connectivity index (χ0) is 13.9. The number of benzene rings is 2. The van der Waals surface area contributed by atoms with Crippen molar-refractivity contribution in [3.63, 3.8) is 0 Å². The van der Waals surface area contributed by atoms with Gasteiger partial charge < -0.3 is 12.4 Å². The number of aryl methyl sites for hydroxylation is 1. The first-order valence-electron chi connectivity index (χ1n) is 6.87. The summed E-state index contributed by atoms with van der Waals surface area (Å²) in [7, 11) is 2.12. The number of rotatable bonds is 2. The van der Waals surface area contributed by atoms with Gasteiger partial charge in [0.25, 0.3) is 0 Å². The number of pyridine rings is 1. The second-order valence-corrected chi connectivity index (χ2v) is 5.06. The molecule has 0 amide bonds. The zero-order valence-corrected chi connectivity index (χ0v) is 13.0. The van der Waals surface area contributed by atoms with Gasteiger partial charge in [-0.1, -0.05) is 48.5 Å². The first-order valence-corrected chi connectivity index (χ1v) is 6.87. The first kappa shape index (κ1) is 15.3. The van der Waals surface area contributed by atoms with Crippen molar-refractivity contribution in [2.45, 2.75) is 6.92 Å². The van der Waals surface area contributed by atoms with Crippen LogP contribution in [0.15, 0.2) is 72.8 Å². The van der Waals surface area contributed by atoms with Crippen molar-refractivity contribution in [1.82, 2.24) is 0 Å². The minimum absolute atomic E-state index is 0. The molecule has 21 heavy (non-hydrogen) atoms. The highest BCUT2D eigenvalue weighted by molar-refractivity contribution is 5.69. The van der Waals surface area contributed by atoms with Crippen LogP contribution in [0.3, 0.4) is 0 Å². The van der Waals surface area contributed by atoms with Crippen LogP contribution in [0.2, 0.25) is 0 Å². The summed E-state index contributed by atoms with van der Waals surface area (Å²) in [4.78, 5) is 0. The van der Waals surface area contributed by atoms with E-state index in [4.69, 9.17) is 0 Å². The Balaban J connectivity index is 0.00000161. The van der Waals surface area contributed by atoms with Gasteiger partial charge in [0.15, 0.2) is 5.69 Å². The van der Waals surface area contributed by atoms with E-state index >= 15 is 0 Å². The van der Waals surface area contributed by atoms with Gasteiger partial charge in [-0.15, -0.1) is 0 Å². The van der Waals surface area contributed by atoms with E-state index in [1.807, 2.05) is 0 Å². The molecule has 0 atom stereocenters. The summed E-state index contributed by atoms with van der Waals surface area (Å²) in [5.74, 6) is 0. The van der Waals surface area contributed by atoms with Gasteiger partial charge in [-0.2, -0.15) is 4.57 Å². The Labute approximate surface area is 132 Å². The largest absolute Gasteiger partial charge is 1.00 e. The zero-order valence-electron chi connectivity index (χ0n) is 12.3. The van der Waals surface area contributed by atoms with E-state index in [9.17, 15) is 0 Å². The fourth-order valence-electron chi connectivity index (χ4n) is 2.48. The number of aromatic nitrogens is 1. The van der Waals surface area contributed by atoms with E-state index in [-0.39, 0.29) is 12.4 Å². The maximum absolute atomic E-state index is 2.26. The summed E-state index contributed by atoms with van der Waals surface area (Å²) in [6.45, 7) is 2.15. The molecule has 106 valence electrons. The maximum Gasteiger partial charge on any atom is 0.213 e. The highest BCUT2D eigenvalue weighted by Crippen LogP contribution is 2.24. The lowest BCUT2D eigenvalue weighted by molar-refractivity contribution is -0.666. The number of halogens is 1. The normalized spacial score (nSPS) is 10.0. The van der Waals surface area contributed by atoms with Crippen LogP contribution in [-0.2, 0) is 7.05 Å². The molecule has 1 aromatic heterocycles. The Morgan fingerprint density at radius 1 is 0.667 bits per heavy atom. The van der Waals surface area contributed by atoms with Crippen LogP contribution in [0.1, 0.15) is 5.69 Å². The van der Waals surface area contributed by atoms with Crippen LogP contribution in [0.25, 0.3) is 22.4 Å². The molecule has 0 bridgehead atoms. The lowest BCUT2D eigenvalue weighted by Crippen LogP contribution is -3.00. The van der Waals surface area contributed by atoms with Crippen molar-refractivity contribution < 1.29 is 17.0 Å². The van der Waals surface area contributed by atoms with Crippen molar-refractivity contribution >= 4 is 0 Å². The summed E-state index contributed by atoms with van der Waals surface area (Å²) in [6, 6.07) is 25.6. The van der Waals surface area contributed by atoms with Gasteiger partial charge in [0.2, 0.25) is 5.69 Å². The summed E-state index contributed by atoms with van der Waals surface area (Å²) >= 11 is 0. The Morgan fingerprint density at radius 2 is 1.19 bits per heavy atom. The van der Waals surface area contributed by atoms with E-state index in [0.29, 0.717) is 0 Å². The predicted octanol–water partition coefficient (Wildman–Crippen LogP) is 1.16. The number of hydrogen-bond acceptors (Lipinski definition) is 0. The quantitative estimate of drug-likeness (QED) is 0.625. The van der Waals surface area contributed by atoms with Crippen molar-refractivity contribution in [3.05, 3.63) is 78.5 Å². The Kier molecular flexibility index (Phi) is 4.77. The van der Waals surface area contributed by atoms with E-state index in [1.165, 1.54) is 28.1 Å². The highest BCUT2D eigenvalue weighted by Gasteiger charge is 2.14. The smallest absolute Gasteiger partial charge is 0.213 e. The molecule has 3 rings (SSSR count). The summed E-state index contributed by atoms with van der Waals surface area (Å²) in [6.07, 6.45) is 0. The van der Waals surface area contributed by atoms with Crippen LogP contribution in [0.5, 0.6) is 0 Å². The lowest BCUT2D eigenvalue weighted by atomic mass is 10.0. The monoisotopic (exact) mass is 295 g/mol. The molecule has 2 heteroatoms. The standard InChI is InChI=1S/C19H18N.ClH/c1-15-13-18(16-9-5-3-6-10-16)14-19(20(15)2)17-11-7-4-8-12-17;/h3-14H,1-2H3;1H/q+1;/p-1. The molecule has 3 aromatic rings. The minimum Gasteiger partial charge on any atom is -1.00 e. The Morgan fingerprint density at radius 3 is 1.76 bits per heavy atom. The third-order valence-corrected chi connectivity index (χ3v) is 3.72. The Hall–Kier alpha value is -2.12. The molecule has 0 radical (unpaired) electrons. The number of nitrogens with zero attached hydrogens (tertiary/aromatic N) is 1. The van der Waals surface area contributed by atoms with E-state index in [0.717, 1.165) is 0 Å². The molecular weight excluding hydrogens is 278 g/mol. The van der Waals surface area contributed by atoms with Gasteiger partial charge >= 0.3 is 0 Å². The van der Waals surface area contributed by atoms with Gasteiger partial charge in [-0.05, 0) is 23.3 Å². The van der Waals surface area contributed by atoms with Crippen molar-refractivity contribution in [2.24, 2.45) is 7.05 Å².